The van der Waals surface area contributed by atoms with E-state index in [4.69, 9.17) is 19.1 Å². The van der Waals surface area contributed by atoms with Crippen molar-refractivity contribution in [3.63, 3.8) is 0 Å². The molecule has 0 bridgehead atoms. The van der Waals surface area contributed by atoms with Crippen LogP contribution in [0.3, 0.4) is 0 Å². The molecule has 0 aromatic heterocycles. The molecule has 0 aliphatic heterocycles. The van der Waals surface area contributed by atoms with Crippen molar-refractivity contribution in [1.29, 1.82) is 0 Å². The number of esters is 2. The van der Waals surface area contributed by atoms with Gasteiger partial charge in [0.1, 0.15) is 12.7 Å². The lowest BCUT2D eigenvalue weighted by molar-refractivity contribution is -0.161. The van der Waals surface area contributed by atoms with Crippen LogP contribution in [-0.2, 0) is 32.7 Å². The summed E-state index contributed by atoms with van der Waals surface area (Å²) in [6.07, 6.45) is 34.0. The third-order valence-electron chi connectivity index (χ3n) is 8.06. The summed E-state index contributed by atoms with van der Waals surface area (Å²) in [5.74, 6) is -0.938. The Bertz CT molecular complexity index is 936. The number of unbranched alkanes of at least 4 members (excludes halogenated alkanes) is 16. The molecule has 0 heterocycles. The Hall–Kier alpha value is -1.81. The van der Waals surface area contributed by atoms with E-state index in [0.717, 1.165) is 70.6 Å². The summed E-state index contributed by atoms with van der Waals surface area (Å²) in [5.41, 5.74) is 0. The molecular weight excluding hydrogens is 659 g/mol. The third kappa shape index (κ3) is 34.6. The summed E-state index contributed by atoms with van der Waals surface area (Å²) in [7, 11) is -4.61. The summed E-state index contributed by atoms with van der Waals surface area (Å²) >= 11 is 0. The van der Waals surface area contributed by atoms with Crippen LogP contribution in [0.1, 0.15) is 162 Å². The highest BCUT2D eigenvalue weighted by Gasteiger charge is 2.27. The molecule has 0 aromatic carbocycles. The van der Waals surface area contributed by atoms with Crippen molar-refractivity contribution < 1.29 is 47.8 Å². The van der Waals surface area contributed by atoms with E-state index in [1.807, 2.05) is 0 Å². The molecule has 0 saturated heterocycles. The van der Waals surface area contributed by atoms with E-state index in [-0.39, 0.29) is 19.4 Å². The van der Waals surface area contributed by atoms with E-state index in [2.05, 4.69) is 54.8 Å². The third-order valence-corrected chi connectivity index (χ3v) is 9.01. The van der Waals surface area contributed by atoms with Gasteiger partial charge < -0.3 is 24.6 Å². The molecule has 0 fully saturated rings. The van der Waals surface area contributed by atoms with Gasteiger partial charge in [0.15, 0.2) is 6.10 Å². The number of rotatable bonds is 36. The maximum absolute atomic E-state index is 12.6. The topological polar surface area (TPSA) is 149 Å². The van der Waals surface area contributed by atoms with Gasteiger partial charge in [0, 0.05) is 12.8 Å². The molecule has 3 N–H and O–H groups in total. The molecule has 0 aromatic rings. The summed E-state index contributed by atoms with van der Waals surface area (Å²) in [6, 6.07) is 0. The monoisotopic (exact) mass is 730 g/mol. The first kappa shape index (κ1) is 48.2. The van der Waals surface area contributed by atoms with Gasteiger partial charge in [0.05, 0.1) is 19.8 Å². The number of carbonyl (C=O) groups excluding carboxylic acids is 2. The SMILES string of the molecule is CC/C=C\C/C=C\C/C=C\CCCCCCCCCC(=O)OC(COC(=O)CCCCCCCCCCCC)COP(=O)(O)OCC(O)CO. The number of hydrogen-bond donors (Lipinski definition) is 3. The highest BCUT2D eigenvalue weighted by Crippen LogP contribution is 2.43. The number of aliphatic hydroxyl groups is 2. The zero-order valence-corrected chi connectivity index (χ0v) is 32.3. The van der Waals surface area contributed by atoms with E-state index >= 15 is 0 Å². The molecule has 3 unspecified atom stereocenters. The molecule has 0 radical (unpaired) electrons. The summed E-state index contributed by atoms with van der Waals surface area (Å²) < 4.78 is 32.6. The molecule has 3 atom stereocenters. The zero-order chi connectivity index (χ0) is 37.0. The van der Waals surface area contributed by atoms with E-state index < -0.39 is 51.8 Å². The average Bonchev–Trinajstić information content (AvgIpc) is 3.10. The average molecular weight is 731 g/mol. The maximum atomic E-state index is 12.6. The normalized spacial score (nSPS) is 14.4. The molecule has 0 aliphatic carbocycles. The summed E-state index contributed by atoms with van der Waals surface area (Å²) in [6.45, 7) is 2.23. The molecule has 11 heteroatoms. The molecule has 0 rings (SSSR count). The van der Waals surface area contributed by atoms with Crippen molar-refractivity contribution in [1.82, 2.24) is 0 Å². The Morgan fingerprint density at radius 2 is 1.10 bits per heavy atom. The van der Waals surface area contributed by atoms with Crippen molar-refractivity contribution in [2.45, 2.75) is 174 Å². The minimum Gasteiger partial charge on any atom is -0.462 e. The zero-order valence-electron chi connectivity index (χ0n) is 31.4. The van der Waals surface area contributed by atoms with E-state index in [0.29, 0.717) is 12.8 Å². The largest absolute Gasteiger partial charge is 0.472 e. The number of hydrogen-bond acceptors (Lipinski definition) is 9. The lowest BCUT2D eigenvalue weighted by Gasteiger charge is -2.20. The van der Waals surface area contributed by atoms with Crippen LogP contribution in [0, 0.1) is 0 Å². The van der Waals surface area contributed by atoms with Crippen molar-refractivity contribution in [3.8, 4) is 0 Å². The van der Waals surface area contributed by atoms with Gasteiger partial charge in [-0.2, -0.15) is 0 Å². The van der Waals surface area contributed by atoms with Gasteiger partial charge in [0.2, 0.25) is 0 Å². The first-order chi connectivity index (χ1) is 24.2. The van der Waals surface area contributed by atoms with Crippen molar-refractivity contribution in [2.24, 2.45) is 0 Å². The van der Waals surface area contributed by atoms with Crippen molar-refractivity contribution >= 4 is 19.8 Å². The lowest BCUT2D eigenvalue weighted by Crippen LogP contribution is -2.29. The standard InChI is InChI=1S/C39H71O10P/c1-3-5-7-9-11-13-15-16-17-18-19-20-21-23-25-27-29-31-39(43)49-37(35-48-50(44,45)47-33-36(41)32-40)34-46-38(42)30-28-26-24-22-14-12-10-8-6-4-2/h5,7,11,13,16-17,36-37,40-41H,3-4,6,8-10,12,14-15,18-35H2,1-2H3,(H,44,45)/b7-5-,13-11-,17-16-. The van der Waals surface area contributed by atoms with E-state index in [1.165, 1.54) is 51.4 Å². The van der Waals surface area contributed by atoms with Gasteiger partial charge in [-0.3, -0.25) is 18.6 Å². The smallest absolute Gasteiger partial charge is 0.462 e. The van der Waals surface area contributed by atoms with Crippen LogP contribution < -0.4 is 0 Å². The molecule has 0 aliphatic rings. The Morgan fingerprint density at radius 1 is 0.620 bits per heavy atom. The fraction of sp³-hybridized carbons (Fsp3) is 0.795. The quantitative estimate of drug-likeness (QED) is 0.0246. The predicted octanol–water partition coefficient (Wildman–Crippen LogP) is 9.61. The minimum atomic E-state index is -4.61. The second-order valence-corrected chi connectivity index (χ2v) is 14.4. The van der Waals surface area contributed by atoms with Gasteiger partial charge in [-0.05, 0) is 44.9 Å². The molecule has 0 spiro atoms. The van der Waals surface area contributed by atoms with Crippen LogP contribution in [0.2, 0.25) is 0 Å². The van der Waals surface area contributed by atoms with Crippen molar-refractivity contribution in [3.05, 3.63) is 36.5 Å². The van der Waals surface area contributed by atoms with Gasteiger partial charge >= 0.3 is 19.8 Å². The summed E-state index contributed by atoms with van der Waals surface area (Å²) in [4.78, 5) is 34.8. The Labute approximate surface area is 303 Å². The highest BCUT2D eigenvalue weighted by atomic mass is 31.2. The number of phosphoric acid groups is 1. The number of allylic oxidation sites excluding steroid dienone is 6. The molecular formula is C39H71O10P. The van der Waals surface area contributed by atoms with E-state index in [1.54, 1.807) is 0 Å². The van der Waals surface area contributed by atoms with Gasteiger partial charge in [-0.15, -0.1) is 0 Å². The lowest BCUT2D eigenvalue weighted by atomic mass is 10.1. The second-order valence-electron chi connectivity index (χ2n) is 12.9. The Morgan fingerprint density at radius 3 is 1.66 bits per heavy atom. The van der Waals surface area contributed by atoms with E-state index in [9.17, 15) is 24.2 Å². The van der Waals surface area contributed by atoms with Crippen LogP contribution in [0.25, 0.3) is 0 Å². The first-order valence-corrected chi connectivity index (χ1v) is 20.9. The number of carbonyl (C=O) groups is 2. The molecule has 10 nitrogen and oxygen atoms in total. The van der Waals surface area contributed by atoms with Gasteiger partial charge in [-0.1, -0.05) is 140 Å². The molecule has 292 valence electrons. The molecule has 0 amide bonds. The van der Waals surface area contributed by atoms with Crippen LogP contribution in [0.4, 0.5) is 0 Å². The van der Waals surface area contributed by atoms with Crippen LogP contribution in [0.15, 0.2) is 36.5 Å². The van der Waals surface area contributed by atoms with Gasteiger partial charge in [-0.25, -0.2) is 4.57 Å². The van der Waals surface area contributed by atoms with Crippen molar-refractivity contribution in [2.75, 3.05) is 26.4 Å². The fourth-order valence-electron chi connectivity index (χ4n) is 5.07. The Balaban J connectivity index is 4.35. The number of ether oxygens (including phenoxy) is 2. The predicted molar refractivity (Wildman–Crippen MR) is 201 cm³/mol. The number of phosphoric ester groups is 1. The maximum Gasteiger partial charge on any atom is 0.472 e. The van der Waals surface area contributed by atoms with Crippen LogP contribution >= 0.6 is 7.82 Å². The fourth-order valence-corrected chi connectivity index (χ4v) is 5.85. The molecule has 50 heavy (non-hydrogen) atoms. The van der Waals surface area contributed by atoms with Gasteiger partial charge in [0.25, 0.3) is 0 Å². The molecule has 0 saturated carbocycles. The van der Waals surface area contributed by atoms with Crippen LogP contribution in [0.5, 0.6) is 0 Å². The number of aliphatic hydroxyl groups excluding tert-OH is 2. The Kier molecular flexibility index (Phi) is 34.3. The summed E-state index contributed by atoms with van der Waals surface area (Å²) in [5, 5.41) is 18.3. The highest BCUT2D eigenvalue weighted by molar-refractivity contribution is 7.47. The van der Waals surface area contributed by atoms with Crippen LogP contribution in [-0.4, -0.2) is 65.7 Å². The minimum absolute atomic E-state index is 0.174. The first-order valence-electron chi connectivity index (χ1n) is 19.4. The second kappa shape index (κ2) is 35.6.